The van der Waals surface area contributed by atoms with Gasteiger partial charge in [0.2, 0.25) is 0 Å². The third kappa shape index (κ3) is 4.13. The predicted octanol–water partition coefficient (Wildman–Crippen LogP) is 5.02. The third-order valence-electron chi connectivity index (χ3n) is 7.00. The van der Waals surface area contributed by atoms with Gasteiger partial charge >= 0.3 is 6.18 Å². The van der Waals surface area contributed by atoms with Crippen LogP contribution in [-0.4, -0.2) is 47.4 Å². The molecular formula is C25H23ClF5N3O4. The van der Waals surface area contributed by atoms with E-state index in [4.69, 9.17) is 21.1 Å². The molecule has 0 spiro atoms. The number of pyridine rings is 1. The molecule has 204 valence electrons. The van der Waals surface area contributed by atoms with Crippen molar-refractivity contribution in [3.8, 4) is 0 Å². The Balaban J connectivity index is 1.67. The number of rotatable bonds is 4. The van der Waals surface area contributed by atoms with Crippen molar-refractivity contribution in [2.45, 2.75) is 63.3 Å². The van der Waals surface area contributed by atoms with Crippen LogP contribution in [0.3, 0.4) is 0 Å². The second-order valence-corrected chi connectivity index (χ2v) is 10.6. The normalized spacial score (nSPS) is 26.6. The minimum atomic E-state index is -4.76. The molecule has 0 radical (unpaired) electrons. The molecule has 3 heterocycles. The van der Waals surface area contributed by atoms with Crippen molar-refractivity contribution in [2.75, 3.05) is 16.8 Å². The van der Waals surface area contributed by atoms with Gasteiger partial charge in [-0.05, 0) is 57.7 Å². The second kappa shape index (κ2) is 8.59. The highest BCUT2D eigenvalue weighted by Gasteiger charge is 2.75. The van der Waals surface area contributed by atoms with Crippen molar-refractivity contribution in [3.05, 3.63) is 52.2 Å². The summed E-state index contributed by atoms with van der Waals surface area (Å²) >= 11 is 5.81. The number of alkyl halides is 3. The maximum absolute atomic E-state index is 14.7. The summed E-state index contributed by atoms with van der Waals surface area (Å²) in [5.41, 5.74) is -3.17. The van der Waals surface area contributed by atoms with Crippen LogP contribution in [0.4, 0.5) is 33.5 Å². The summed E-state index contributed by atoms with van der Waals surface area (Å²) < 4.78 is 81.6. The Morgan fingerprint density at radius 3 is 2.42 bits per heavy atom. The van der Waals surface area contributed by atoms with Crippen molar-refractivity contribution < 1.29 is 41.0 Å². The van der Waals surface area contributed by atoms with E-state index in [0.717, 1.165) is 21.9 Å². The van der Waals surface area contributed by atoms with Crippen molar-refractivity contribution in [2.24, 2.45) is 5.92 Å². The molecule has 3 atom stereocenters. The molecule has 3 fully saturated rings. The molecule has 0 unspecified atom stereocenters. The van der Waals surface area contributed by atoms with Crippen molar-refractivity contribution in [1.82, 2.24) is 4.98 Å². The summed E-state index contributed by atoms with van der Waals surface area (Å²) in [7, 11) is 1.18. The molecular weight excluding hydrogens is 537 g/mol. The predicted molar refractivity (Wildman–Crippen MR) is 126 cm³/mol. The Bertz CT molecular complexity index is 1350. The third-order valence-corrected chi connectivity index (χ3v) is 7.29. The number of ether oxygens (including phenoxy) is 2. The van der Waals surface area contributed by atoms with Gasteiger partial charge in [0.15, 0.2) is 11.4 Å². The first-order chi connectivity index (χ1) is 17.6. The van der Waals surface area contributed by atoms with E-state index in [1.807, 2.05) is 0 Å². The molecule has 3 aliphatic rings. The number of hydrogen-bond donors (Lipinski definition) is 0. The Morgan fingerprint density at radius 1 is 1.16 bits per heavy atom. The highest BCUT2D eigenvalue weighted by molar-refractivity contribution is 6.31. The highest BCUT2D eigenvalue weighted by atomic mass is 35.5. The molecule has 38 heavy (non-hydrogen) atoms. The number of halogens is 6. The molecule has 2 aliphatic heterocycles. The van der Waals surface area contributed by atoms with Gasteiger partial charge < -0.3 is 14.4 Å². The minimum Gasteiger partial charge on any atom is -0.341 e. The van der Waals surface area contributed by atoms with E-state index in [0.29, 0.717) is 25.0 Å². The van der Waals surface area contributed by atoms with Crippen LogP contribution < -0.4 is 9.80 Å². The maximum atomic E-state index is 14.7. The zero-order valence-corrected chi connectivity index (χ0v) is 21.5. The van der Waals surface area contributed by atoms with E-state index < -0.39 is 75.3 Å². The fraction of sp³-hybridized carbons (Fsp3) is 0.480. The van der Waals surface area contributed by atoms with Gasteiger partial charge in [0, 0.05) is 18.8 Å². The van der Waals surface area contributed by atoms with E-state index in [1.165, 1.54) is 14.0 Å². The SMILES string of the molecule is Cc1cc(C(F)(F)F)cc(N2C(=O)[C@@]3(C4CC4)OC(C)(C)O[C@H]3[C@H]2C(=O)N(C)c2cc(Cl)c(F)cc2F)n1. The van der Waals surface area contributed by atoms with Crippen molar-refractivity contribution in [3.63, 3.8) is 0 Å². The molecule has 1 aromatic heterocycles. The summed E-state index contributed by atoms with van der Waals surface area (Å²) in [5.74, 6) is -5.91. The summed E-state index contributed by atoms with van der Waals surface area (Å²) in [5, 5.41) is -0.454. The molecule has 2 aromatic rings. The number of nitrogens with zero attached hydrogens (tertiary/aromatic N) is 3. The molecule has 1 saturated carbocycles. The first kappa shape index (κ1) is 26.8. The van der Waals surface area contributed by atoms with Crippen molar-refractivity contribution >= 4 is 34.9 Å². The summed E-state index contributed by atoms with van der Waals surface area (Å²) in [6, 6.07) is 1.32. The van der Waals surface area contributed by atoms with E-state index in [9.17, 15) is 31.5 Å². The van der Waals surface area contributed by atoms with Crippen LogP contribution in [-0.2, 0) is 25.2 Å². The van der Waals surface area contributed by atoms with Gasteiger partial charge in [0.25, 0.3) is 11.8 Å². The van der Waals surface area contributed by atoms with Crippen LogP contribution in [0, 0.1) is 24.5 Å². The van der Waals surface area contributed by atoms with E-state index in [2.05, 4.69) is 4.98 Å². The summed E-state index contributed by atoms with van der Waals surface area (Å²) in [6.45, 7) is 4.44. The molecule has 0 bridgehead atoms. The molecule has 7 nitrogen and oxygen atoms in total. The lowest BCUT2D eigenvalue weighted by Gasteiger charge is -2.31. The largest absolute Gasteiger partial charge is 0.416 e. The van der Waals surface area contributed by atoms with E-state index in [-0.39, 0.29) is 11.6 Å². The number of fused-ring (bicyclic) bond motifs is 1. The first-order valence-electron chi connectivity index (χ1n) is 11.8. The standard InChI is InChI=1S/C25H23ClF5N3O4/c1-11-7-13(25(29,30)31)8-18(32-11)34-19(21(35)33(4)17-9-14(26)15(27)10-16(17)28)20-24(22(34)36,12-5-6-12)38-23(2,3)37-20/h7-10,12,19-20H,5-6H2,1-4H3/t19-,20-,24-/m0/s1. The number of anilines is 2. The van der Waals surface area contributed by atoms with Gasteiger partial charge in [-0.2, -0.15) is 13.2 Å². The lowest BCUT2D eigenvalue weighted by atomic mass is 9.90. The minimum absolute atomic E-state index is 0.0433. The van der Waals surface area contributed by atoms with Gasteiger partial charge in [0.05, 0.1) is 16.3 Å². The summed E-state index contributed by atoms with van der Waals surface area (Å²) in [4.78, 5) is 33.9. The van der Waals surface area contributed by atoms with Gasteiger partial charge in [-0.15, -0.1) is 0 Å². The average Bonchev–Trinajstić information content (AvgIpc) is 3.58. The van der Waals surface area contributed by atoms with Gasteiger partial charge in [0.1, 0.15) is 29.6 Å². The number of hydrogen-bond acceptors (Lipinski definition) is 5. The molecule has 5 rings (SSSR count). The van der Waals surface area contributed by atoms with Crippen LogP contribution in [0.2, 0.25) is 5.02 Å². The average molecular weight is 560 g/mol. The number of aromatic nitrogens is 1. The Labute approximate surface area is 219 Å². The fourth-order valence-electron chi connectivity index (χ4n) is 5.31. The Morgan fingerprint density at radius 2 is 1.82 bits per heavy atom. The van der Waals surface area contributed by atoms with E-state index in [1.54, 1.807) is 13.8 Å². The lowest BCUT2D eigenvalue weighted by Crippen LogP contribution is -2.52. The zero-order chi connectivity index (χ0) is 27.9. The zero-order valence-electron chi connectivity index (χ0n) is 20.7. The Kier molecular flexibility index (Phi) is 6.05. The number of aryl methyl sites for hydroxylation is 1. The molecule has 1 aliphatic carbocycles. The molecule has 0 N–H and O–H groups in total. The number of benzene rings is 1. The van der Waals surface area contributed by atoms with Crippen LogP contribution in [0.1, 0.15) is 37.9 Å². The number of carbonyl (C=O) groups is 2. The lowest BCUT2D eigenvalue weighted by molar-refractivity contribution is -0.178. The van der Waals surface area contributed by atoms with Gasteiger partial charge in [-0.3, -0.25) is 14.5 Å². The van der Waals surface area contributed by atoms with Crippen LogP contribution >= 0.6 is 11.6 Å². The second-order valence-electron chi connectivity index (χ2n) is 10.2. The number of likely N-dealkylation sites (N-methyl/N-ethyl adjacent to an activating group) is 1. The number of amides is 2. The quantitative estimate of drug-likeness (QED) is 0.389. The highest BCUT2D eigenvalue weighted by Crippen LogP contribution is 2.57. The fourth-order valence-corrected chi connectivity index (χ4v) is 5.47. The van der Waals surface area contributed by atoms with Crippen LogP contribution in [0.25, 0.3) is 0 Å². The van der Waals surface area contributed by atoms with Crippen LogP contribution in [0.5, 0.6) is 0 Å². The monoisotopic (exact) mass is 559 g/mol. The maximum Gasteiger partial charge on any atom is 0.416 e. The molecule has 2 amide bonds. The van der Waals surface area contributed by atoms with Gasteiger partial charge in [-0.25, -0.2) is 13.8 Å². The molecule has 2 saturated heterocycles. The molecule has 1 aromatic carbocycles. The van der Waals surface area contributed by atoms with Crippen molar-refractivity contribution in [1.29, 1.82) is 0 Å². The first-order valence-corrected chi connectivity index (χ1v) is 12.1. The van der Waals surface area contributed by atoms with Crippen LogP contribution in [0.15, 0.2) is 24.3 Å². The number of carbonyl (C=O) groups excluding carboxylic acids is 2. The van der Waals surface area contributed by atoms with E-state index >= 15 is 0 Å². The topological polar surface area (TPSA) is 72.0 Å². The smallest absolute Gasteiger partial charge is 0.341 e. The molecule has 13 heteroatoms. The summed E-state index contributed by atoms with van der Waals surface area (Å²) in [6.07, 6.45) is -4.86. The van der Waals surface area contributed by atoms with Gasteiger partial charge in [-0.1, -0.05) is 11.6 Å². The Hall–Kier alpha value is -2.83.